The van der Waals surface area contributed by atoms with Crippen molar-refractivity contribution in [1.82, 2.24) is 0 Å². The van der Waals surface area contributed by atoms with Crippen LogP contribution in [-0.4, -0.2) is 19.0 Å². The summed E-state index contributed by atoms with van der Waals surface area (Å²) >= 11 is 0. The van der Waals surface area contributed by atoms with Gasteiger partial charge in [-0.25, -0.2) is 0 Å². The highest BCUT2D eigenvalue weighted by Crippen LogP contribution is 2.31. The van der Waals surface area contributed by atoms with Gasteiger partial charge in [0.25, 0.3) is 0 Å². The quantitative estimate of drug-likeness (QED) is 0.785. The molecule has 1 fully saturated rings. The summed E-state index contributed by atoms with van der Waals surface area (Å²) in [6, 6.07) is 10.5. The van der Waals surface area contributed by atoms with Gasteiger partial charge in [0.15, 0.2) is 6.29 Å². The lowest BCUT2D eigenvalue weighted by Crippen LogP contribution is -2.41. The summed E-state index contributed by atoms with van der Waals surface area (Å²) in [4.78, 5) is 0. The lowest BCUT2D eigenvalue weighted by Gasteiger charge is -2.38. The first-order chi connectivity index (χ1) is 9.26. The van der Waals surface area contributed by atoms with E-state index in [1.54, 1.807) is 0 Å². The number of hydrogen-bond donors (Lipinski definition) is 0. The van der Waals surface area contributed by atoms with Crippen molar-refractivity contribution in [3.63, 3.8) is 0 Å². The molecule has 1 saturated heterocycles. The molecule has 4 atom stereocenters. The first-order valence-electron chi connectivity index (χ1n) is 7.58. The molecule has 1 aromatic rings. The maximum Gasteiger partial charge on any atom is 0.164 e. The Balaban J connectivity index is 2.02. The van der Waals surface area contributed by atoms with E-state index >= 15 is 0 Å². The second kappa shape index (κ2) is 7.06. The average molecular weight is 262 g/mol. The predicted molar refractivity (Wildman–Crippen MR) is 78.2 cm³/mol. The summed E-state index contributed by atoms with van der Waals surface area (Å²) < 4.78 is 12.2. The summed E-state index contributed by atoms with van der Waals surface area (Å²) in [6.07, 6.45) is 3.71. The molecule has 0 bridgehead atoms. The summed E-state index contributed by atoms with van der Waals surface area (Å²) in [5.74, 6) is 0.845. The molecule has 106 valence electrons. The first-order valence-corrected chi connectivity index (χ1v) is 7.58. The van der Waals surface area contributed by atoms with Crippen LogP contribution in [0.4, 0.5) is 0 Å². The fourth-order valence-corrected chi connectivity index (χ4v) is 2.79. The van der Waals surface area contributed by atoms with E-state index in [-0.39, 0.29) is 6.29 Å². The van der Waals surface area contributed by atoms with Crippen molar-refractivity contribution in [2.24, 2.45) is 5.92 Å². The van der Waals surface area contributed by atoms with Gasteiger partial charge in [-0.3, -0.25) is 0 Å². The van der Waals surface area contributed by atoms with E-state index in [4.69, 9.17) is 9.47 Å². The molecule has 1 heterocycles. The molecular formula is C17H26O2. The van der Waals surface area contributed by atoms with Crippen molar-refractivity contribution in [2.45, 2.75) is 58.3 Å². The van der Waals surface area contributed by atoms with Gasteiger partial charge in [0.2, 0.25) is 0 Å². The van der Waals surface area contributed by atoms with Crippen molar-refractivity contribution in [1.29, 1.82) is 0 Å². The monoisotopic (exact) mass is 262 g/mol. The Morgan fingerprint density at radius 2 is 1.95 bits per heavy atom. The zero-order chi connectivity index (χ0) is 13.7. The predicted octanol–water partition coefficient (Wildman–Crippen LogP) is 4.36. The molecule has 4 unspecified atom stereocenters. The normalized spacial score (nSPS) is 29.1. The van der Waals surface area contributed by atoms with Gasteiger partial charge in [-0.1, -0.05) is 57.5 Å². The molecular weight excluding hydrogens is 236 g/mol. The van der Waals surface area contributed by atoms with Gasteiger partial charge >= 0.3 is 0 Å². The molecule has 2 rings (SSSR count). The van der Waals surface area contributed by atoms with Gasteiger partial charge in [-0.2, -0.15) is 0 Å². The van der Waals surface area contributed by atoms with Crippen LogP contribution in [-0.2, 0) is 9.47 Å². The van der Waals surface area contributed by atoms with Crippen molar-refractivity contribution in [3.05, 3.63) is 35.9 Å². The Morgan fingerprint density at radius 3 is 2.58 bits per heavy atom. The molecule has 0 radical (unpaired) electrons. The van der Waals surface area contributed by atoms with Crippen LogP contribution in [0.1, 0.15) is 51.5 Å². The molecule has 1 aliphatic rings. The van der Waals surface area contributed by atoms with Crippen LogP contribution in [0.3, 0.4) is 0 Å². The minimum absolute atomic E-state index is 0.0956. The van der Waals surface area contributed by atoms with E-state index in [0.29, 0.717) is 17.9 Å². The molecule has 2 heteroatoms. The van der Waals surface area contributed by atoms with Crippen molar-refractivity contribution < 1.29 is 9.47 Å². The smallest absolute Gasteiger partial charge is 0.164 e. The Kier molecular flexibility index (Phi) is 5.41. The van der Waals surface area contributed by atoms with Crippen molar-refractivity contribution >= 4 is 0 Å². The van der Waals surface area contributed by atoms with Crippen LogP contribution >= 0.6 is 0 Å². The van der Waals surface area contributed by atoms with Crippen LogP contribution in [0.25, 0.3) is 0 Å². The highest BCUT2D eigenvalue weighted by Gasteiger charge is 2.33. The Bertz CT molecular complexity index is 363. The Labute approximate surface area is 117 Å². The van der Waals surface area contributed by atoms with E-state index < -0.39 is 0 Å². The standard InChI is InChI=1S/C17H26O2/c1-4-9-16-14(5-2)12-18-17(19-16)13(3)15-10-7-6-8-11-15/h6-8,10-11,13-14,16-17H,4-5,9,12H2,1-3H3. The zero-order valence-corrected chi connectivity index (χ0v) is 12.3. The molecule has 0 saturated carbocycles. The highest BCUT2D eigenvalue weighted by atomic mass is 16.7. The molecule has 19 heavy (non-hydrogen) atoms. The van der Waals surface area contributed by atoms with Gasteiger partial charge in [-0.05, 0) is 18.4 Å². The molecule has 0 N–H and O–H groups in total. The second-order valence-electron chi connectivity index (χ2n) is 5.53. The van der Waals surface area contributed by atoms with E-state index in [2.05, 4.69) is 45.0 Å². The Morgan fingerprint density at radius 1 is 1.21 bits per heavy atom. The molecule has 2 nitrogen and oxygen atoms in total. The number of ether oxygens (including phenoxy) is 2. The van der Waals surface area contributed by atoms with Crippen LogP contribution in [0, 0.1) is 5.92 Å². The third kappa shape index (κ3) is 3.58. The number of hydrogen-bond acceptors (Lipinski definition) is 2. The molecule has 0 spiro atoms. The third-order valence-electron chi connectivity index (χ3n) is 4.14. The first kappa shape index (κ1) is 14.5. The molecule has 1 aromatic carbocycles. The fourth-order valence-electron chi connectivity index (χ4n) is 2.79. The average Bonchev–Trinajstić information content (AvgIpc) is 2.47. The molecule has 0 aromatic heterocycles. The van der Waals surface area contributed by atoms with E-state index in [1.165, 1.54) is 12.0 Å². The van der Waals surface area contributed by atoms with Crippen LogP contribution in [0.5, 0.6) is 0 Å². The van der Waals surface area contributed by atoms with Gasteiger partial charge < -0.3 is 9.47 Å². The second-order valence-corrected chi connectivity index (χ2v) is 5.53. The summed E-state index contributed by atoms with van der Waals surface area (Å²) in [5.41, 5.74) is 1.29. The zero-order valence-electron chi connectivity index (χ0n) is 12.3. The minimum Gasteiger partial charge on any atom is -0.352 e. The van der Waals surface area contributed by atoms with Gasteiger partial charge in [0.05, 0.1) is 12.7 Å². The number of benzene rings is 1. The summed E-state index contributed by atoms with van der Waals surface area (Å²) in [5, 5.41) is 0. The fraction of sp³-hybridized carbons (Fsp3) is 0.647. The minimum atomic E-state index is -0.0956. The lowest BCUT2D eigenvalue weighted by molar-refractivity contribution is -0.245. The molecule has 1 aliphatic heterocycles. The molecule has 0 aliphatic carbocycles. The highest BCUT2D eigenvalue weighted by molar-refractivity contribution is 5.19. The largest absolute Gasteiger partial charge is 0.352 e. The SMILES string of the molecule is CCCC1OC(C(C)c2ccccc2)OCC1CC. The van der Waals surface area contributed by atoms with Gasteiger partial charge in [0, 0.05) is 11.8 Å². The topological polar surface area (TPSA) is 18.5 Å². The van der Waals surface area contributed by atoms with E-state index in [1.807, 2.05) is 6.07 Å². The molecule has 0 amide bonds. The maximum absolute atomic E-state index is 6.22. The van der Waals surface area contributed by atoms with E-state index in [0.717, 1.165) is 19.4 Å². The summed E-state index contributed by atoms with van der Waals surface area (Å²) in [7, 11) is 0. The Hall–Kier alpha value is -0.860. The van der Waals surface area contributed by atoms with E-state index in [9.17, 15) is 0 Å². The van der Waals surface area contributed by atoms with Crippen molar-refractivity contribution in [2.75, 3.05) is 6.61 Å². The van der Waals surface area contributed by atoms with Gasteiger partial charge in [-0.15, -0.1) is 0 Å². The van der Waals surface area contributed by atoms with Crippen LogP contribution in [0.2, 0.25) is 0 Å². The summed E-state index contributed by atoms with van der Waals surface area (Å²) in [6.45, 7) is 7.47. The lowest BCUT2D eigenvalue weighted by atomic mass is 9.94. The third-order valence-corrected chi connectivity index (χ3v) is 4.14. The van der Waals surface area contributed by atoms with Crippen molar-refractivity contribution in [3.8, 4) is 0 Å². The van der Waals surface area contributed by atoms with Gasteiger partial charge in [0.1, 0.15) is 0 Å². The maximum atomic E-state index is 6.22. The van der Waals surface area contributed by atoms with Crippen LogP contribution in [0.15, 0.2) is 30.3 Å². The van der Waals surface area contributed by atoms with Crippen LogP contribution < -0.4 is 0 Å². The number of rotatable bonds is 5.